The average Bonchev–Trinajstić information content (AvgIpc) is 2.69. The van der Waals surface area contributed by atoms with Gasteiger partial charge in [-0.25, -0.2) is 0 Å². The Morgan fingerprint density at radius 2 is 2.38 bits per heavy atom. The van der Waals surface area contributed by atoms with E-state index in [1.54, 1.807) is 4.88 Å². The standard InChI is InChI=1S/C13H22N2S/c1-2-5-12(13-6-3-11-16-13)15-9-4-7-14-8-10-15/h3,6,11-12,14H,2,4-5,7-10H2,1H3. The molecule has 1 aromatic rings. The van der Waals surface area contributed by atoms with Crippen molar-refractivity contribution in [2.75, 3.05) is 26.2 Å². The molecule has 1 aromatic heterocycles. The molecule has 1 saturated heterocycles. The molecule has 1 aliphatic rings. The van der Waals surface area contributed by atoms with E-state index >= 15 is 0 Å². The van der Waals surface area contributed by atoms with Gasteiger partial charge in [0, 0.05) is 30.6 Å². The molecule has 1 unspecified atom stereocenters. The van der Waals surface area contributed by atoms with Crippen LogP contribution in [0, 0.1) is 0 Å². The minimum atomic E-state index is 0.657. The van der Waals surface area contributed by atoms with E-state index in [-0.39, 0.29) is 0 Å². The third-order valence-electron chi connectivity index (χ3n) is 3.25. The Balaban J connectivity index is 2.05. The van der Waals surface area contributed by atoms with Gasteiger partial charge in [0.25, 0.3) is 0 Å². The van der Waals surface area contributed by atoms with E-state index in [2.05, 4.69) is 34.7 Å². The Hall–Kier alpha value is -0.380. The van der Waals surface area contributed by atoms with Crippen LogP contribution < -0.4 is 5.32 Å². The number of nitrogens with zero attached hydrogens (tertiary/aromatic N) is 1. The molecular weight excluding hydrogens is 216 g/mol. The highest BCUT2D eigenvalue weighted by atomic mass is 32.1. The van der Waals surface area contributed by atoms with Gasteiger partial charge in [-0.05, 0) is 30.8 Å². The lowest BCUT2D eigenvalue weighted by atomic mass is 10.1. The van der Waals surface area contributed by atoms with Crippen molar-refractivity contribution in [3.63, 3.8) is 0 Å². The van der Waals surface area contributed by atoms with Gasteiger partial charge in [0.05, 0.1) is 0 Å². The van der Waals surface area contributed by atoms with Gasteiger partial charge >= 0.3 is 0 Å². The van der Waals surface area contributed by atoms with Crippen molar-refractivity contribution in [3.05, 3.63) is 22.4 Å². The second-order valence-electron chi connectivity index (χ2n) is 4.46. The van der Waals surface area contributed by atoms with Crippen molar-refractivity contribution < 1.29 is 0 Å². The Labute approximate surface area is 103 Å². The Kier molecular flexibility index (Phi) is 4.82. The summed E-state index contributed by atoms with van der Waals surface area (Å²) >= 11 is 1.91. The molecule has 2 rings (SSSR count). The van der Waals surface area contributed by atoms with Gasteiger partial charge in [-0.3, -0.25) is 4.90 Å². The lowest BCUT2D eigenvalue weighted by Crippen LogP contribution is -2.31. The quantitative estimate of drug-likeness (QED) is 0.867. The van der Waals surface area contributed by atoms with Crippen LogP contribution in [-0.2, 0) is 0 Å². The van der Waals surface area contributed by atoms with Crippen molar-refractivity contribution in [2.45, 2.75) is 32.2 Å². The maximum Gasteiger partial charge on any atom is 0.0441 e. The van der Waals surface area contributed by atoms with Crippen LogP contribution in [0.5, 0.6) is 0 Å². The SMILES string of the molecule is CCCC(c1cccs1)N1CCCNCC1. The second-order valence-corrected chi connectivity index (χ2v) is 5.44. The molecule has 0 spiro atoms. The summed E-state index contributed by atoms with van der Waals surface area (Å²) in [7, 11) is 0. The molecule has 0 amide bonds. The minimum absolute atomic E-state index is 0.657. The van der Waals surface area contributed by atoms with E-state index in [1.165, 1.54) is 38.9 Å². The van der Waals surface area contributed by atoms with Crippen LogP contribution in [0.25, 0.3) is 0 Å². The number of hydrogen-bond acceptors (Lipinski definition) is 3. The molecular formula is C13H22N2S. The van der Waals surface area contributed by atoms with Crippen LogP contribution in [0.15, 0.2) is 17.5 Å². The minimum Gasteiger partial charge on any atom is -0.315 e. The van der Waals surface area contributed by atoms with Gasteiger partial charge < -0.3 is 5.32 Å². The van der Waals surface area contributed by atoms with Crippen LogP contribution in [0.2, 0.25) is 0 Å². The molecule has 1 fully saturated rings. The van der Waals surface area contributed by atoms with Crippen molar-refractivity contribution in [3.8, 4) is 0 Å². The monoisotopic (exact) mass is 238 g/mol. The van der Waals surface area contributed by atoms with Crippen LogP contribution in [0.4, 0.5) is 0 Å². The predicted octanol–water partition coefficient (Wildman–Crippen LogP) is 2.88. The molecule has 2 nitrogen and oxygen atoms in total. The fraction of sp³-hybridized carbons (Fsp3) is 0.692. The zero-order chi connectivity index (χ0) is 11.2. The summed E-state index contributed by atoms with van der Waals surface area (Å²) in [4.78, 5) is 4.21. The van der Waals surface area contributed by atoms with Crippen LogP contribution >= 0.6 is 11.3 Å². The normalized spacial score (nSPS) is 20.6. The number of thiophene rings is 1. The summed E-state index contributed by atoms with van der Waals surface area (Å²) in [5.41, 5.74) is 0. The van der Waals surface area contributed by atoms with E-state index in [4.69, 9.17) is 0 Å². The van der Waals surface area contributed by atoms with Gasteiger partial charge in [-0.1, -0.05) is 19.4 Å². The van der Waals surface area contributed by atoms with Crippen molar-refractivity contribution in [1.29, 1.82) is 0 Å². The Morgan fingerprint density at radius 1 is 1.44 bits per heavy atom. The van der Waals surface area contributed by atoms with Gasteiger partial charge in [0.2, 0.25) is 0 Å². The molecule has 0 aliphatic carbocycles. The van der Waals surface area contributed by atoms with Crippen LogP contribution in [-0.4, -0.2) is 31.1 Å². The summed E-state index contributed by atoms with van der Waals surface area (Å²) < 4.78 is 0. The molecule has 90 valence electrons. The lowest BCUT2D eigenvalue weighted by molar-refractivity contribution is 0.202. The summed E-state index contributed by atoms with van der Waals surface area (Å²) in [6.45, 7) is 7.06. The van der Waals surface area contributed by atoms with E-state index < -0.39 is 0 Å². The molecule has 0 radical (unpaired) electrons. The fourth-order valence-electron chi connectivity index (χ4n) is 2.44. The maximum atomic E-state index is 3.48. The maximum absolute atomic E-state index is 3.48. The molecule has 1 N–H and O–H groups in total. The molecule has 16 heavy (non-hydrogen) atoms. The van der Waals surface area contributed by atoms with Gasteiger partial charge in [-0.15, -0.1) is 11.3 Å². The molecule has 1 atom stereocenters. The number of nitrogens with one attached hydrogen (secondary N) is 1. The topological polar surface area (TPSA) is 15.3 Å². The smallest absolute Gasteiger partial charge is 0.0441 e. The Morgan fingerprint density at radius 3 is 3.12 bits per heavy atom. The zero-order valence-electron chi connectivity index (χ0n) is 10.1. The van der Waals surface area contributed by atoms with E-state index in [0.29, 0.717) is 6.04 Å². The zero-order valence-corrected chi connectivity index (χ0v) is 10.9. The van der Waals surface area contributed by atoms with Crippen molar-refractivity contribution >= 4 is 11.3 Å². The first-order chi connectivity index (χ1) is 7.92. The lowest BCUT2D eigenvalue weighted by Gasteiger charge is -2.29. The second kappa shape index (κ2) is 6.38. The fourth-order valence-corrected chi connectivity index (χ4v) is 3.33. The van der Waals surface area contributed by atoms with E-state index in [1.807, 2.05) is 11.3 Å². The molecule has 0 bridgehead atoms. The first-order valence-electron chi connectivity index (χ1n) is 6.40. The molecule has 3 heteroatoms. The summed E-state index contributed by atoms with van der Waals surface area (Å²) in [5.74, 6) is 0. The van der Waals surface area contributed by atoms with E-state index in [9.17, 15) is 0 Å². The largest absolute Gasteiger partial charge is 0.315 e. The highest BCUT2D eigenvalue weighted by Crippen LogP contribution is 2.29. The van der Waals surface area contributed by atoms with Crippen LogP contribution in [0.3, 0.4) is 0 Å². The average molecular weight is 238 g/mol. The highest BCUT2D eigenvalue weighted by Gasteiger charge is 2.20. The third kappa shape index (κ3) is 3.06. The Bertz CT molecular complexity index is 276. The molecule has 0 saturated carbocycles. The molecule has 0 aromatic carbocycles. The van der Waals surface area contributed by atoms with Crippen LogP contribution in [0.1, 0.15) is 37.1 Å². The van der Waals surface area contributed by atoms with Crippen molar-refractivity contribution in [2.24, 2.45) is 0 Å². The van der Waals surface area contributed by atoms with Crippen molar-refractivity contribution in [1.82, 2.24) is 10.2 Å². The number of hydrogen-bond donors (Lipinski definition) is 1. The third-order valence-corrected chi connectivity index (χ3v) is 4.22. The molecule has 1 aliphatic heterocycles. The number of rotatable bonds is 4. The van der Waals surface area contributed by atoms with Gasteiger partial charge in [-0.2, -0.15) is 0 Å². The van der Waals surface area contributed by atoms with Gasteiger partial charge in [0.15, 0.2) is 0 Å². The predicted molar refractivity (Wildman–Crippen MR) is 71.0 cm³/mol. The van der Waals surface area contributed by atoms with Gasteiger partial charge in [0.1, 0.15) is 0 Å². The summed E-state index contributed by atoms with van der Waals surface area (Å²) in [6.07, 6.45) is 3.85. The molecule has 2 heterocycles. The first-order valence-corrected chi connectivity index (χ1v) is 7.28. The van der Waals surface area contributed by atoms with E-state index in [0.717, 1.165) is 6.54 Å². The summed E-state index contributed by atoms with van der Waals surface area (Å²) in [5, 5.41) is 5.68. The first kappa shape index (κ1) is 12.1. The summed E-state index contributed by atoms with van der Waals surface area (Å²) in [6, 6.07) is 5.13. The highest BCUT2D eigenvalue weighted by molar-refractivity contribution is 7.10.